The molecule has 84 valence electrons. The molecule has 1 aromatic carbocycles. The Labute approximate surface area is 94.5 Å². The predicted octanol–water partition coefficient (Wildman–Crippen LogP) is 1.12. The van der Waals surface area contributed by atoms with Crippen molar-refractivity contribution in [2.75, 3.05) is 0 Å². The number of amides is 1. The summed E-state index contributed by atoms with van der Waals surface area (Å²) in [5.74, 6) is 5.34. The molecule has 0 heterocycles. The van der Waals surface area contributed by atoms with E-state index >= 15 is 0 Å². The lowest BCUT2D eigenvalue weighted by Gasteiger charge is -2.00. The van der Waals surface area contributed by atoms with Gasteiger partial charge in [-0.2, -0.15) is 5.10 Å². The summed E-state index contributed by atoms with van der Waals surface area (Å²) in [7, 11) is 0. The molecule has 0 bridgehead atoms. The molecule has 4 heteroatoms. The molecular formula is C12H15N3O. The molecule has 0 radical (unpaired) electrons. The summed E-state index contributed by atoms with van der Waals surface area (Å²) in [5, 5.41) is 5.79. The van der Waals surface area contributed by atoms with Crippen molar-refractivity contribution in [1.29, 1.82) is 0 Å². The molecule has 1 aliphatic carbocycles. The number of aryl methyl sites for hydroxylation is 1. The number of hydrazone groups is 1. The first-order valence-corrected chi connectivity index (χ1v) is 5.31. The molecule has 1 amide bonds. The minimum Gasteiger partial charge on any atom is -0.322 e. The van der Waals surface area contributed by atoms with Gasteiger partial charge in [0.05, 0.1) is 0 Å². The zero-order valence-electron chi connectivity index (χ0n) is 9.18. The number of hydrogen-bond acceptors (Lipinski definition) is 3. The van der Waals surface area contributed by atoms with Gasteiger partial charge in [0.15, 0.2) is 0 Å². The summed E-state index contributed by atoms with van der Waals surface area (Å²) in [6, 6.07) is 8.32. The van der Waals surface area contributed by atoms with Crippen molar-refractivity contribution in [3.05, 3.63) is 35.4 Å². The highest BCUT2D eigenvalue weighted by Crippen LogP contribution is 2.47. The van der Waals surface area contributed by atoms with Crippen LogP contribution in [0.25, 0.3) is 0 Å². The Bertz CT molecular complexity index is 411. The molecule has 4 nitrogen and oxygen atoms in total. The molecule has 1 saturated carbocycles. The van der Waals surface area contributed by atoms with E-state index in [1.54, 1.807) is 0 Å². The van der Waals surface area contributed by atoms with E-state index in [1.165, 1.54) is 17.5 Å². The van der Waals surface area contributed by atoms with Gasteiger partial charge in [0.25, 0.3) is 0 Å². The standard InChI is InChI=1S/C12H15N3O/c1-8-2-4-9(5-3-8)10-6-11(10)12(16)14-7-15-13/h2-5,7,10-11H,6,13H2,1H3,(H,14,15,16). The third-order valence-corrected chi connectivity index (χ3v) is 2.91. The van der Waals surface area contributed by atoms with Crippen molar-refractivity contribution in [3.8, 4) is 0 Å². The second kappa shape index (κ2) is 4.35. The third kappa shape index (κ3) is 2.21. The summed E-state index contributed by atoms with van der Waals surface area (Å²) < 4.78 is 0. The number of hydrogen-bond donors (Lipinski definition) is 2. The topological polar surface area (TPSA) is 67.5 Å². The van der Waals surface area contributed by atoms with E-state index < -0.39 is 0 Å². The van der Waals surface area contributed by atoms with Crippen molar-refractivity contribution < 1.29 is 4.79 Å². The van der Waals surface area contributed by atoms with Crippen LogP contribution in [0, 0.1) is 12.8 Å². The zero-order chi connectivity index (χ0) is 11.5. The lowest BCUT2D eigenvalue weighted by molar-refractivity contribution is -0.120. The zero-order valence-corrected chi connectivity index (χ0v) is 9.18. The van der Waals surface area contributed by atoms with Gasteiger partial charge in [0.2, 0.25) is 5.91 Å². The molecule has 3 N–H and O–H groups in total. The molecule has 0 aromatic heterocycles. The highest BCUT2D eigenvalue weighted by atomic mass is 16.2. The van der Waals surface area contributed by atoms with Crippen molar-refractivity contribution in [1.82, 2.24) is 5.32 Å². The van der Waals surface area contributed by atoms with E-state index in [1.807, 2.05) is 0 Å². The molecule has 0 aliphatic heterocycles. The molecular weight excluding hydrogens is 202 g/mol. The fraction of sp³-hybridized carbons (Fsp3) is 0.333. The average molecular weight is 217 g/mol. The number of nitrogens with one attached hydrogen (secondary N) is 1. The molecule has 1 aliphatic rings. The van der Waals surface area contributed by atoms with Crippen LogP contribution < -0.4 is 11.2 Å². The monoisotopic (exact) mass is 217 g/mol. The van der Waals surface area contributed by atoms with E-state index in [2.05, 4.69) is 41.6 Å². The van der Waals surface area contributed by atoms with Crippen LogP contribution in [0.15, 0.2) is 29.4 Å². The van der Waals surface area contributed by atoms with Crippen LogP contribution in [0.1, 0.15) is 23.5 Å². The number of rotatable bonds is 3. The molecule has 2 rings (SSSR count). The normalized spacial score (nSPS) is 23.3. The van der Waals surface area contributed by atoms with Crippen LogP contribution in [-0.2, 0) is 4.79 Å². The quantitative estimate of drug-likeness (QED) is 0.345. The van der Waals surface area contributed by atoms with Crippen molar-refractivity contribution in [2.24, 2.45) is 16.9 Å². The minimum atomic E-state index is -0.000208. The van der Waals surface area contributed by atoms with Gasteiger partial charge in [-0.05, 0) is 24.8 Å². The van der Waals surface area contributed by atoms with Gasteiger partial charge in [0.1, 0.15) is 6.34 Å². The Morgan fingerprint density at radius 2 is 2.19 bits per heavy atom. The van der Waals surface area contributed by atoms with Crippen LogP contribution in [0.5, 0.6) is 0 Å². The van der Waals surface area contributed by atoms with Gasteiger partial charge < -0.3 is 11.2 Å². The number of nitrogens with two attached hydrogens (primary N) is 1. The second-order valence-electron chi connectivity index (χ2n) is 4.15. The molecule has 0 spiro atoms. The van der Waals surface area contributed by atoms with E-state index in [-0.39, 0.29) is 11.8 Å². The highest BCUT2D eigenvalue weighted by molar-refractivity contribution is 5.91. The van der Waals surface area contributed by atoms with Gasteiger partial charge in [-0.3, -0.25) is 4.79 Å². The fourth-order valence-corrected chi connectivity index (χ4v) is 1.87. The van der Waals surface area contributed by atoms with Crippen LogP contribution in [0.4, 0.5) is 0 Å². The van der Waals surface area contributed by atoms with E-state index in [0.717, 1.165) is 6.42 Å². The first kappa shape index (κ1) is 10.7. The molecule has 1 fully saturated rings. The summed E-state index contributed by atoms with van der Waals surface area (Å²) in [6.07, 6.45) is 2.14. The van der Waals surface area contributed by atoms with E-state index in [9.17, 15) is 4.79 Å². The summed E-state index contributed by atoms with van der Waals surface area (Å²) >= 11 is 0. The fourth-order valence-electron chi connectivity index (χ4n) is 1.87. The highest BCUT2D eigenvalue weighted by Gasteiger charge is 2.43. The summed E-state index contributed by atoms with van der Waals surface area (Å²) in [5.41, 5.74) is 2.47. The molecule has 2 unspecified atom stereocenters. The molecule has 16 heavy (non-hydrogen) atoms. The summed E-state index contributed by atoms with van der Waals surface area (Å²) in [4.78, 5) is 11.6. The molecule has 2 atom stereocenters. The van der Waals surface area contributed by atoms with Crippen LogP contribution in [-0.4, -0.2) is 12.2 Å². The Hall–Kier alpha value is -1.84. The number of carbonyl (C=O) groups excluding carboxylic acids is 1. The van der Waals surface area contributed by atoms with Crippen molar-refractivity contribution >= 4 is 12.2 Å². The Morgan fingerprint density at radius 1 is 1.50 bits per heavy atom. The maximum atomic E-state index is 11.6. The Kier molecular flexibility index (Phi) is 2.90. The Morgan fingerprint density at radius 3 is 2.81 bits per heavy atom. The second-order valence-corrected chi connectivity index (χ2v) is 4.15. The Balaban J connectivity index is 1.96. The maximum Gasteiger partial charge on any atom is 0.228 e. The summed E-state index contributed by atoms with van der Waals surface area (Å²) in [6.45, 7) is 2.05. The predicted molar refractivity (Wildman–Crippen MR) is 62.8 cm³/mol. The average Bonchev–Trinajstić information content (AvgIpc) is 3.07. The minimum absolute atomic E-state index is 0.000208. The van der Waals surface area contributed by atoms with Gasteiger partial charge >= 0.3 is 0 Å². The number of nitrogens with zero attached hydrogens (tertiary/aromatic N) is 1. The first-order valence-electron chi connectivity index (χ1n) is 5.31. The number of carbonyl (C=O) groups is 1. The first-order chi connectivity index (χ1) is 7.72. The SMILES string of the molecule is Cc1ccc(C2CC2C(=O)NC=NN)cc1. The van der Waals surface area contributed by atoms with Crippen LogP contribution >= 0.6 is 0 Å². The van der Waals surface area contributed by atoms with Crippen LogP contribution in [0.3, 0.4) is 0 Å². The number of benzene rings is 1. The van der Waals surface area contributed by atoms with Crippen LogP contribution in [0.2, 0.25) is 0 Å². The van der Waals surface area contributed by atoms with E-state index in [4.69, 9.17) is 5.84 Å². The molecule has 1 aromatic rings. The smallest absolute Gasteiger partial charge is 0.228 e. The van der Waals surface area contributed by atoms with Crippen molar-refractivity contribution in [2.45, 2.75) is 19.3 Å². The van der Waals surface area contributed by atoms with Crippen molar-refractivity contribution in [3.63, 3.8) is 0 Å². The van der Waals surface area contributed by atoms with Gasteiger partial charge in [-0.25, -0.2) is 0 Å². The lowest BCUT2D eigenvalue weighted by atomic mass is 10.1. The van der Waals surface area contributed by atoms with Gasteiger partial charge in [-0.15, -0.1) is 0 Å². The third-order valence-electron chi connectivity index (χ3n) is 2.91. The molecule has 0 saturated heterocycles. The van der Waals surface area contributed by atoms with Gasteiger partial charge in [-0.1, -0.05) is 29.8 Å². The lowest BCUT2D eigenvalue weighted by Crippen LogP contribution is -2.24. The van der Waals surface area contributed by atoms with E-state index in [0.29, 0.717) is 5.92 Å². The largest absolute Gasteiger partial charge is 0.322 e. The van der Waals surface area contributed by atoms with Gasteiger partial charge in [0, 0.05) is 5.92 Å². The maximum absolute atomic E-state index is 11.6.